The lowest BCUT2D eigenvalue weighted by molar-refractivity contribution is 0.237. The minimum atomic E-state index is -0.346. The second-order valence-electron chi connectivity index (χ2n) is 5.03. The van der Waals surface area contributed by atoms with Crippen molar-refractivity contribution in [3.05, 3.63) is 70.7 Å². The van der Waals surface area contributed by atoms with Crippen LogP contribution >= 0.6 is 11.6 Å². The highest BCUT2D eigenvalue weighted by molar-refractivity contribution is 6.30. The molecule has 0 radical (unpaired) electrons. The second kappa shape index (κ2) is 7.65. The van der Waals surface area contributed by atoms with Crippen molar-refractivity contribution < 1.29 is 13.7 Å². The van der Waals surface area contributed by atoms with Crippen molar-refractivity contribution in [1.29, 1.82) is 0 Å². The van der Waals surface area contributed by atoms with Crippen LogP contribution in [0.4, 0.5) is 4.79 Å². The van der Waals surface area contributed by atoms with Crippen molar-refractivity contribution in [3.63, 3.8) is 0 Å². The highest BCUT2D eigenvalue weighted by Crippen LogP contribution is 2.13. The van der Waals surface area contributed by atoms with E-state index in [0.29, 0.717) is 35.5 Å². The van der Waals surface area contributed by atoms with Gasteiger partial charge in [-0.2, -0.15) is 4.98 Å². The Labute approximate surface area is 143 Å². The number of hydrogen-bond acceptors (Lipinski definition) is 5. The van der Waals surface area contributed by atoms with Gasteiger partial charge in [0.25, 0.3) is 0 Å². The minimum Gasteiger partial charge on any atom is -0.467 e. The van der Waals surface area contributed by atoms with Crippen LogP contribution in [-0.4, -0.2) is 16.2 Å². The number of rotatable bonds is 6. The third kappa shape index (κ3) is 4.60. The molecule has 0 aliphatic heterocycles. The number of aromatic nitrogens is 2. The van der Waals surface area contributed by atoms with E-state index in [0.717, 1.165) is 5.56 Å². The van der Waals surface area contributed by atoms with Crippen LogP contribution in [0.15, 0.2) is 51.6 Å². The van der Waals surface area contributed by atoms with E-state index < -0.39 is 0 Å². The lowest BCUT2D eigenvalue weighted by Gasteiger charge is -2.03. The van der Waals surface area contributed by atoms with E-state index in [1.807, 2.05) is 18.2 Å². The normalized spacial score (nSPS) is 10.5. The molecule has 0 bridgehead atoms. The zero-order valence-corrected chi connectivity index (χ0v) is 13.4. The van der Waals surface area contributed by atoms with Gasteiger partial charge in [-0.05, 0) is 29.8 Å². The molecule has 124 valence electrons. The molecule has 0 aliphatic carbocycles. The van der Waals surface area contributed by atoms with E-state index in [1.165, 1.54) is 0 Å². The van der Waals surface area contributed by atoms with Crippen molar-refractivity contribution in [2.45, 2.75) is 19.5 Å². The predicted molar refractivity (Wildman–Crippen MR) is 86.3 cm³/mol. The number of amides is 2. The molecular formula is C16H15ClN4O3. The van der Waals surface area contributed by atoms with E-state index >= 15 is 0 Å². The number of nitrogens with one attached hydrogen (secondary N) is 2. The fraction of sp³-hybridized carbons (Fsp3) is 0.188. The Morgan fingerprint density at radius 3 is 2.83 bits per heavy atom. The molecule has 2 heterocycles. The van der Waals surface area contributed by atoms with Gasteiger partial charge in [-0.1, -0.05) is 28.9 Å². The summed E-state index contributed by atoms with van der Waals surface area (Å²) in [5.74, 6) is 1.54. The molecule has 0 fully saturated rings. The molecule has 0 atom stereocenters. The van der Waals surface area contributed by atoms with Gasteiger partial charge in [-0.3, -0.25) is 0 Å². The van der Waals surface area contributed by atoms with E-state index in [9.17, 15) is 4.79 Å². The molecule has 24 heavy (non-hydrogen) atoms. The summed E-state index contributed by atoms with van der Waals surface area (Å²) in [5, 5.41) is 9.85. The first-order chi connectivity index (χ1) is 11.7. The molecule has 0 saturated heterocycles. The largest absolute Gasteiger partial charge is 0.467 e. The molecule has 8 heteroatoms. The molecule has 7 nitrogen and oxygen atoms in total. The van der Waals surface area contributed by atoms with Gasteiger partial charge in [0.2, 0.25) is 5.89 Å². The number of carbonyl (C=O) groups is 1. The van der Waals surface area contributed by atoms with Crippen LogP contribution < -0.4 is 10.6 Å². The van der Waals surface area contributed by atoms with Gasteiger partial charge in [0, 0.05) is 11.4 Å². The van der Waals surface area contributed by atoms with Crippen LogP contribution in [0.25, 0.3) is 0 Å². The number of carbonyl (C=O) groups excluding carboxylic acids is 1. The lowest BCUT2D eigenvalue weighted by Crippen LogP contribution is -2.34. The van der Waals surface area contributed by atoms with Gasteiger partial charge in [-0.25, -0.2) is 4.79 Å². The Hall–Kier alpha value is -2.80. The quantitative estimate of drug-likeness (QED) is 0.715. The van der Waals surface area contributed by atoms with E-state index in [4.69, 9.17) is 20.5 Å². The molecule has 3 rings (SSSR count). The Bertz CT molecular complexity index is 801. The Kier molecular flexibility index (Phi) is 5.12. The Morgan fingerprint density at radius 1 is 1.17 bits per heavy atom. The maximum absolute atomic E-state index is 11.7. The SMILES string of the molecule is O=C(NCc1ccco1)NCc1nc(Cc2cccc(Cl)c2)no1. The number of furan rings is 1. The van der Waals surface area contributed by atoms with Crippen molar-refractivity contribution in [1.82, 2.24) is 20.8 Å². The van der Waals surface area contributed by atoms with Crippen molar-refractivity contribution >= 4 is 17.6 Å². The Balaban J connectivity index is 1.46. The average Bonchev–Trinajstić information content (AvgIpc) is 3.23. The second-order valence-corrected chi connectivity index (χ2v) is 5.46. The number of urea groups is 1. The summed E-state index contributed by atoms with van der Waals surface area (Å²) in [5.41, 5.74) is 0.985. The van der Waals surface area contributed by atoms with Gasteiger partial charge in [0.15, 0.2) is 5.82 Å². The third-order valence-electron chi connectivity index (χ3n) is 3.16. The summed E-state index contributed by atoms with van der Waals surface area (Å²) in [6, 6.07) is 10.6. The van der Waals surface area contributed by atoms with E-state index in [1.54, 1.807) is 24.5 Å². The van der Waals surface area contributed by atoms with E-state index in [-0.39, 0.29) is 12.6 Å². The summed E-state index contributed by atoms with van der Waals surface area (Å²) in [7, 11) is 0. The van der Waals surface area contributed by atoms with Crippen molar-refractivity contribution in [2.24, 2.45) is 0 Å². The summed E-state index contributed by atoms with van der Waals surface area (Å²) < 4.78 is 10.2. The van der Waals surface area contributed by atoms with Gasteiger partial charge in [0.1, 0.15) is 5.76 Å². The fourth-order valence-corrected chi connectivity index (χ4v) is 2.28. The minimum absolute atomic E-state index is 0.145. The Morgan fingerprint density at radius 2 is 2.04 bits per heavy atom. The molecule has 3 aromatic rings. The maximum Gasteiger partial charge on any atom is 0.315 e. The monoisotopic (exact) mass is 346 g/mol. The van der Waals surface area contributed by atoms with Gasteiger partial charge in [-0.15, -0.1) is 0 Å². The summed E-state index contributed by atoms with van der Waals surface area (Å²) in [4.78, 5) is 15.9. The lowest BCUT2D eigenvalue weighted by atomic mass is 10.1. The molecule has 0 saturated carbocycles. The van der Waals surface area contributed by atoms with Crippen LogP contribution in [0.3, 0.4) is 0 Å². The highest BCUT2D eigenvalue weighted by atomic mass is 35.5. The number of halogens is 1. The fourth-order valence-electron chi connectivity index (χ4n) is 2.06. The van der Waals surface area contributed by atoms with Crippen LogP contribution in [0.5, 0.6) is 0 Å². The number of benzene rings is 1. The molecule has 2 aromatic heterocycles. The van der Waals surface area contributed by atoms with Crippen molar-refractivity contribution in [2.75, 3.05) is 0 Å². The zero-order valence-electron chi connectivity index (χ0n) is 12.7. The smallest absolute Gasteiger partial charge is 0.315 e. The molecule has 2 N–H and O–H groups in total. The van der Waals surface area contributed by atoms with Crippen LogP contribution in [0.1, 0.15) is 23.0 Å². The van der Waals surface area contributed by atoms with Crippen LogP contribution in [0, 0.1) is 0 Å². The predicted octanol–water partition coefficient (Wildman–Crippen LogP) is 2.91. The first kappa shape index (κ1) is 16.1. The van der Waals surface area contributed by atoms with Gasteiger partial charge in [0.05, 0.1) is 19.4 Å². The van der Waals surface area contributed by atoms with Crippen LogP contribution in [0.2, 0.25) is 5.02 Å². The topological polar surface area (TPSA) is 93.2 Å². The number of nitrogens with zero attached hydrogens (tertiary/aromatic N) is 2. The highest BCUT2D eigenvalue weighted by Gasteiger charge is 2.09. The van der Waals surface area contributed by atoms with Gasteiger partial charge < -0.3 is 19.6 Å². The summed E-state index contributed by atoms with van der Waals surface area (Å²) >= 11 is 5.94. The molecule has 2 amide bonds. The molecular weight excluding hydrogens is 332 g/mol. The van der Waals surface area contributed by atoms with Gasteiger partial charge >= 0.3 is 6.03 Å². The molecule has 0 spiro atoms. The zero-order chi connectivity index (χ0) is 16.8. The maximum atomic E-state index is 11.7. The summed E-state index contributed by atoms with van der Waals surface area (Å²) in [6.07, 6.45) is 2.06. The first-order valence-electron chi connectivity index (χ1n) is 7.29. The molecule has 0 unspecified atom stereocenters. The molecule has 1 aromatic carbocycles. The first-order valence-corrected chi connectivity index (χ1v) is 7.67. The average molecular weight is 347 g/mol. The number of hydrogen-bond donors (Lipinski definition) is 2. The van der Waals surface area contributed by atoms with E-state index in [2.05, 4.69) is 20.8 Å². The van der Waals surface area contributed by atoms with Crippen LogP contribution in [-0.2, 0) is 19.5 Å². The third-order valence-corrected chi connectivity index (χ3v) is 3.40. The molecule has 0 aliphatic rings. The standard InChI is InChI=1S/C16H15ClN4O3/c17-12-4-1-3-11(7-12)8-14-20-15(24-21-14)10-19-16(22)18-9-13-5-2-6-23-13/h1-7H,8-10H2,(H2,18,19,22). The van der Waals surface area contributed by atoms with Crippen molar-refractivity contribution in [3.8, 4) is 0 Å². The summed E-state index contributed by atoms with van der Waals surface area (Å²) in [6.45, 7) is 0.454.